The zero-order valence-electron chi connectivity index (χ0n) is 10.7. The predicted molar refractivity (Wildman–Crippen MR) is 68.0 cm³/mol. The van der Waals surface area contributed by atoms with Crippen LogP contribution in [-0.4, -0.2) is 47.9 Å². The van der Waals surface area contributed by atoms with Gasteiger partial charge in [-0.1, -0.05) is 12.8 Å². The lowest BCUT2D eigenvalue weighted by atomic mass is 10.1. The van der Waals surface area contributed by atoms with Crippen molar-refractivity contribution in [1.82, 2.24) is 9.80 Å². The summed E-state index contributed by atoms with van der Waals surface area (Å²) in [6.07, 6.45) is 5.17. The summed E-state index contributed by atoms with van der Waals surface area (Å²) in [7, 11) is 0. The molecule has 1 heterocycles. The van der Waals surface area contributed by atoms with Gasteiger partial charge in [-0.3, -0.25) is 10.3 Å². The first-order chi connectivity index (χ1) is 7.68. The highest BCUT2D eigenvalue weighted by Crippen LogP contribution is 2.27. The Kier molecular flexibility index (Phi) is 3.85. The molecule has 3 nitrogen and oxygen atoms in total. The lowest BCUT2D eigenvalue weighted by Crippen LogP contribution is -2.51. The van der Waals surface area contributed by atoms with E-state index in [-0.39, 0.29) is 0 Å². The molecule has 0 bridgehead atoms. The van der Waals surface area contributed by atoms with Crippen molar-refractivity contribution in [2.45, 2.75) is 45.6 Å². The van der Waals surface area contributed by atoms with Gasteiger partial charge in [0.05, 0.1) is 5.84 Å². The Balaban J connectivity index is 1.81. The second-order valence-corrected chi connectivity index (χ2v) is 5.48. The summed E-state index contributed by atoms with van der Waals surface area (Å²) in [6.45, 7) is 8.91. The summed E-state index contributed by atoms with van der Waals surface area (Å²) in [5, 5.41) is 8.26. The van der Waals surface area contributed by atoms with Gasteiger partial charge in [-0.15, -0.1) is 0 Å². The normalized spacial score (nSPS) is 24.3. The van der Waals surface area contributed by atoms with E-state index in [0.717, 1.165) is 32.0 Å². The maximum atomic E-state index is 8.26. The van der Waals surface area contributed by atoms with E-state index >= 15 is 0 Å². The molecule has 1 saturated carbocycles. The van der Waals surface area contributed by atoms with Gasteiger partial charge < -0.3 is 4.90 Å². The van der Waals surface area contributed by atoms with E-state index in [0.29, 0.717) is 12.0 Å². The molecule has 16 heavy (non-hydrogen) atoms. The average Bonchev–Trinajstić information content (AvgIpc) is 2.81. The van der Waals surface area contributed by atoms with Crippen LogP contribution in [0.3, 0.4) is 0 Å². The maximum Gasteiger partial charge on any atom is 0.0990 e. The summed E-state index contributed by atoms with van der Waals surface area (Å²) >= 11 is 0. The first-order valence-electron chi connectivity index (χ1n) is 6.76. The van der Waals surface area contributed by atoms with Crippen molar-refractivity contribution in [3.05, 3.63) is 0 Å². The van der Waals surface area contributed by atoms with E-state index in [9.17, 15) is 0 Å². The van der Waals surface area contributed by atoms with Crippen LogP contribution < -0.4 is 0 Å². The molecule has 1 saturated heterocycles. The van der Waals surface area contributed by atoms with Gasteiger partial charge >= 0.3 is 0 Å². The average molecular weight is 223 g/mol. The highest BCUT2D eigenvalue weighted by atomic mass is 15.3. The molecule has 2 rings (SSSR count). The fourth-order valence-corrected chi connectivity index (χ4v) is 2.94. The monoisotopic (exact) mass is 223 g/mol. The molecule has 1 N–H and O–H groups in total. The van der Waals surface area contributed by atoms with Crippen LogP contribution in [0, 0.1) is 11.3 Å². The summed E-state index contributed by atoms with van der Waals surface area (Å²) in [6, 6.07) is 0.655. The van der Waals surface area contributed by atoms with E-state index in [1.807, 2.05) is 0 Å². The van der Waals surface area contributed by atoms with Crippen molar-refractivity contribution in [1.29, 1.82) is 5.41 Å². The Morgan fingerprint density at radius 1 is 1.06 bits per heavy atom. The minimum Gasteiger partial charge on any atom is -0.358 e. The second-order valence-electron chi connectivity index (χ2n) is 5.48. The number of amidine groups is 1. The molecule has 0 unspecified atom stereocenters. The number of piperazine rings is 1. The van der Waals surface area contributed by atoms with Gasteiger partial charge in [0.2, 0.25) is 0 Å². The zero-order valence-corrected chi connectivity index (χ0v) is 10.7. The lowest BCUT2D eigenvalue weighted by Gasteiger charge is -2.39. The summed E-state index contributed by atoms with van der Waals surface area (Å²) in [5.41, 5.74) is 0. The van der Waals surface area contributed by atoms with Gasteiger partial charge in [-0.25, -0.2) is 0 Å². The Morgan fingerprint density at radius 3 is 2.12 bits per heavy atom. The minimum atomic E-state index is 0.575. The highest BCUT2D eigenvalue weighted by molar-refractivity contribution is 5.82. The smallest absolute Gasteiger partial charge is 0.0990 e. The van der Waals surface area contributed by atoms with Crippen LogP contribution in [0.25, 0.3) is 0 Å². The Labute approximate surface area is 99.3 Å². The van der Waals surface area contributed by atoms with Crippen molar-refractivity contribution in [2.75, 3.05) is 26.2 Å². The molecular weight excluding hydrogens is 198 g/mol. The fraction of sp³-hybridized carbons (Fsp3) is 0.923. The van der Waals surface area contributed by atoms with Crippen molar-refractivity contribution in [2.24, 2.45) is 5.92 Å². The number of hydrogen-bond donors (Lipinski definition) is 1. The van der Waals surface area contributed by atoms with E-state index in [4.69, 9.17) is 5.41 Å². The standard InChI is InChI=1S/C13H25N3/c1-11(2)15-7-9-16(10-8-15)13(14)12-5-3-4-6-12/h11-12,14H,3-10H2,1-2H3. The van der Waals surface area contributed by atoms with Crippen LogP contribution in [0.15, 0.2) is 0 Å². The highest BCUT2D eigenvalue weighted by Gasteiger charge is 2.26. The fourth-order valence-electron chi connectivity index (χ4n) is 2.94. The SMILES string of the molecule is CC(C)N1CCN(C(=N)C2CCCC2)CC1. The molecule has 2 aliphatic rings. The summed E-state index contributed by atoms with van der Waals surface area (Å²) < 4.78 is 0. The van der Waals surface area contributed by atoms with Gasteiger partial charge in [0.1, 0.15) is 0 Å². The predicted octanol–water partition coefficient (Wildman–Crippen LogP) is 2.18. The van der Waals surface area contributed by atoms with Crippen LogP contribution >= 0.6 is 0 Å². The molecule has 0 amide bonds. The molecule has 92 valence electrons. The third-order valence-electron chi connectivity index (χ3n) is 4.13. The third kappa shape index (κ3) is 2.57. The van der Waals surface area contributed by atoms with Crippen molar-refractivity contribution in [3.63, 3.8) is 0 Å². The Morgan fingerprint density at radius 2 is 1.62 bits per heavy atom. The second kappa shape index (κ2) is 5.17. The molecular formula is C13H25N3. The van der Waals surface area contributed by atoms with E-state index in [1.165, 1.54) is 25.7 Å². The molecule has 0 aromatic rings. The largest absolute Gasteiger partial charge is 0.358 e. The molecule has 0 spiro atoms. The van der Waals surface area contributed by atoms with Gasteiger partial charge in [0.15, 0.2) is 0 Å². The molecule has 0 aromatic carbocycles. The molecule has 0 atom stereocenters. The first kappa shape index (κ1) is 11.9. The van der Waals surface area contributed by atoms with E-state index < -0.39 is 0 Å². The molecule has 2 fully saturated rings. The van der Waals surface area contributed by atoms with Crippen LogP contribution in [0.4, 0.5) is 0 Å². The molecule has 3 heteroatoms. The minimum absolute atomic E-state index is 0.575. The number of hydrogen-bond acceptors (Lipinski definition) is 2. The summed E-state index contributed by atoms with van der Waals surface area (Å²) in [4.78, 5) is 4.83. The first-order valence-corrected chi connectivity index (χ1v) is 6.76. The van der Waals surface area contributed by atoms with Gasteiger partial charge in [0, 0.05) is 38.1 Å². The van der Waals surface area contributed by atoms with Crippen molar-refractivity contribution < 1.29 is 0 Å². The van der Waals surface area contributed by atoms with Crippen molar-refractivity contribution in [3.8, 4) is 0 Å². The van der Waals surface area contributed by atoms with Crippen LogP contribution in [0.2, 0.25) is 0 Å². The van der Waals surface area contributed by atoms with Crippen LogP contribution in [0.1, 0.15) is 39.5 Å². The summed E-state index contributed by atoms with van der Waals surface area (Å²) in [5.74, 6) is 1.51. The maximum absolute atomic E-state index is 8.26. The lowest BCUT2D eigenvalue weighted by molar-refractivity contribution is 0.145. The molecule has 1 aliphatic carbocycles. The van der Waals surface area contributed by atoms with Gasteiger partial charge in [-0.2, -0.15) is 0 Å². The van der Waals surface area contributed by atoms with Crippen LogP contribution in [-0.2, 0) is 0 Å². The third-order valence-corrected chi connectivity index (χ3v) is 4.13. The molecule has 1 aliphatic heterocycles. The van der Waals surface area contributed by atoms with Gasteiger partial charge in [-0.05, 0) is 26.7 Å². The Hall–Kier alpha value is -0.570. The topological polar surface area (TPSA) is 30.3 Å². The quantitative estimate of drug-likeness (QED) is 0.574. The van der Waals surface area contributed by atoms with Crippen LogP contribution in [0.5, 0.6) is 0 Å². The van der Waals surface area contributed by atoms with Gasteiger partial charge in [0.25, 0.3) is 0 Å². The van der Waals surface area contributed by atoms with E-state index in [1.54, 1.807) is 0 Å². The molecule has 0 aromatic heterocycles. The van der Waals surface area contributed by atoms with E-state index in [2.05, 4.69) is 23.6 Å². The Bertz CT molecular complexity index is 236. The molecule has 0 radical (unpaired) electrons. The number of rotatable bonds is 2. The van der Waals surface area contributed by atoms with Crippen molar-refractivity contribution >= 4 is 5.84 Å². The number of nitrogens with one attached hydrogen (secondary N) is 1. The zero-order chi connectivity index (χ0) is 11.5. The number of nitrogens with zero attached hydrogens (tertiary/aromatic N) is 2.